The van der Waals surface area contributed by atoms with Gasteiger partial charge in [-0.1, -0.05) is 18.2 Å². The Balaban J connectivity index is 2.01. The van der Waals surface area contributed by atoms with E-state index in [0.29, 0.717) is 6.61 Å². The van der Waals surface area contributed by atoms with Crippen molar-refractivity contribution in [3.8, 4) is 5.75 Å². The maximum absolute atomic E-state index is 6.03. The van der Waals surface area contributed by atoms with Gasteiger partial charge in [-0.3, -0.25) is 4.84 Å². The molecule has 1 aromatic carbocycles. The molecule has 2 rings (SSSR count). The number of nitrogens with zero attached hydrogens (tertiary/aromatic N) is 1. The summed E-state index contributed by atoms with van der Waals surface area (Å²) in [6.45, 7) is 2.53. The predicted octanol–water partition coefficient (Wildman–Crippen LogP) is 1.55. The molecule has 4 nitrogen and oxygen atoms in total. The van der Waals surface area contributed by atoms with Crippen molar-refractivity contribution in [1.82, 2.24) is 4.90 Å². The van der Waals surface area contributed by atoms with Gasteiger partial charge < -0.3 is 9.64 Å². The van der Waals surface area contributed by atoms with Gasteiger partial charge in [0.05, 0.1) is 6.61 Å². The van der Waals surface area contributed by atoms with Gasteiger partial charge in [0, 0.05) is 12.1 Å². The molecule has 0 bridgehead atoms. The van der Waals surface area contributed by atoms with Crippen LogP contribution in [0.25, 0.3) is 0 Å². The molecule has 1 aliphatic rings. The summed E-state index contributed by atoms with van der Waals surface area (Å²) in [6, 6.07) is 7.90. The molecule has 0 saturated carbocycles. The fraction of sp³-hybridized carbons (Fsp3) is 0.538. The number of ether oxygens (including phenoxy) is 1. The molecule has 1 heterocycles. The summed E-state index contributed by atoms with van der Waals surface area (Å²) >= 11 is 0. The third-order valence-electron chi connectivity index (χ3n) is 3.09. The minimum atomic E-state index is 0.271. The van der Waals surface area contributed by atoms with Gasteiger partial charge in [-0.05, 0) is 32.5 Å². The highest BCUT2D eigenvalue weighted by Crippen LogP contribution is 2.22. The third kappa shape index (κ3) is 3.43. The molecular weight excluding hydrogens is 216 g/mol. The zero-order valence-corrected chi connectivity index (χ0v) is 10.3. The summed E-state index contributed by atoms with van der Waals surface area (Å²) in [7, 11) is 2.13. The molecule has 94 valence electrons. The highest BCUT2D eigenvalue weighted by molar-refractivity contribution is 5.32. The molecule has 1 saturated heterocycles. The van der Waals surface area contributed by atoms with Crippen molar-refractivity contribution in [2.24, 2.45) is 5.90 Å². The molecule has 1 fully saturated rings. The van der Waals surface area contributed by atoms with Crippen LogP contribution in [0.1, 0.15) is 18.4 Å². The van der Waals surface area contributed by atoms with E-state index >= 15 is 0 Å². The number of likely N-dealkylation sites (N-methyl/N-ethyl adjacent to an activating group) is 1. The van der Waals surface area contributed by atoms with Crippen LogP contribution >= 0.6 is 0 Å². The number of hydrogen-bond donors (Lipinski definition) is 1. The lowest BCUT2D eigenvalue weighted by atomic mass is 10.1. The van der Waals surface area contributed by atoms with E-state index in [1.807, 2.05) is 24.3 Å². The van der Waals surface area contributed by atoms with Crippen molar-refractivity contribution in [3.63, 3.8) is 0 Å². The Hall–Kier alpha value is -1.10. The molecular formula is C13H20N2O2. The molecule has 1 unspecified atom stereocenters. The highest BCUT2D eigenvalue weighted by Gasteiger charge is 2.19. The first-order valence-corrected chi connectivity index (χ1v) is 6.04. The van der Waals surface area contributed by atoms with Gasteiger partial charge in [0.25, 0.3) is 0 Å². The summed E-state index contributed by atoms with van der Waals surface area (Å²) in [5.74, 6) is 6.01. The Morgan fingerprint density at radius 2 is 2.24 bits per heavy atom. The quantitative estimate of drug-likeness (QED) is 0.806. The van der Waals surface area contributed by atoms with Crippen molar-refractivity contribution >= 4 is 0 Å². The SMILES string of the molecule is CN1CCCC(Oc2ccccc2CON)C1. The van der Waals surface area contributed by atoms with Crippen molar-refractivity contribution < 1.29 is 9.57 Å². The standard InChI is InChI=1S/C13H20N2O2/c1-15-8-4-6-12(9-15)17-13-7-3-2-5-11(13)10-16-14/h2-3,5,7,12H,4,6,8-10,14H2,1H3. The molecule has 17 heavy (non-hydrogen) atoms. The van der Waals surface area contributed by atoms with Crippen molar-refractivity contribution in [3.05, 3.63) is 29.8 Å². The van der Waals surface area contributed by atoms with E-state index in [2.05, 4.69) is 16.8 Å². The lowest BCUT2D eigenvalue weighted by molar-refractivity contribution is 0.0936. The first-order chi connectivity index (χ1) is 8.29. The highest BCUT2D eigenvalue weighted by atomic mass is 16.6. The number of benzene rings is 1. The zero-order chi connectivity index (χ0) is 12.1. The largest absolute Gasteiger partial charge is 0.489 e. The molecule has 1 aliphatic heterocycles. The number of hydrogen-bond acceptors (Lipinski definition) is 4. The lowest BCUT2D eigenvalue weighted by Crippen LogP contribution is -2.38. The molecule has 0 radical (unpaired) electrons. The second-order valence-electron chi connectivity index (χ2n) is 4.56. The van der Waals surface area contributed by atoms with Crippen LogP contribution < -0.4 is 10.6 Å². The maximum atomic E-state index is 6.03. The smallest absolute Gasteiger partial charge is 0.125 e. The topological polar surface area (TPSA) is 47.7 Å². The van der Waals surface area contributed by atoms with E-state index in [1.54, 1.807) is 0 Å². The van der Waals surface area contributed by atoms with Crippen LogP contribution in [-0.2, 0) is 11.4 Å². The molecule has 0 amide bonds. The summed E-state index contributed by atoms with van der Waals surface area (Å²) in [4.78, 5) is 6.99. The summed E-state index contributed by atoms with van der Waals surface area (Å²) in [6.07, 6.45) is 2.58. The van der Waals surface area contributed by atoms with E-state index in [1.165, 1.54) is 6.42 Å². The lowest BCUT2D eigenvalue weighted by Gasteiger charge is -2.30. The summed E-state index contributed by atoms with van der Waals surface area (Å²) in [5.41, 5.74) is 1.00. The van der Waals surface area contributed by atoms with Crippen LogP contribution in [0.5, 0.6) is 5.75 Å². The van der Waals surface area contributed by atoms with E-state index in [4.69, 9.17) is 10.6 Å². The number of piperidine rings is 1. The molecule has 0 aromatic heterocycles. The van der Waals surface area contributed by atoms with Gasteiger partial charge >= 0.3 is 0 Å². The minimum absolute atomic E-state index is 0.271. The number of rotatable bonds is 4. The van der Waals surface area contributed by atoms with Gasteiger partial charge in [0.2, 0.25) is 0 Å². The van der Waals surface area contributed by atoms with Gasteiger partial charge in [0.1, 0.15) is 11.9 Å². The predicted molar refractivity (Wildman–Crippen MR) is 66.6 cm³/mol. The molecule has 0 aliphatic carbocycles. The third-order valence-corrected chi connectivity index (χ3v) is 3.09. The Bertz CT molecular complexity index is 357. The number of para-hydroxylation sites is 1. The molecule has 1 atom stereocenters. The average molecular weight is 236 g/mol. The van der Waals surface area contributed by atoms with Crippen LogP contribution in [0.3, 0.4) is 0 Å². The fourth-order valence-electron chi connectivity index (χ4n) is 2.22. The van der Waals surface area contributed by atoms with Crippen LogP contribution in [0.4, 0.5) is 0 Å². The Morgan fingerprint density at radius 3 is 3.00 bits per heavy atom. The van der Waals surface area contributed by atoms with E-state index in [0.717, 1.165) is 30.8 Å². The van der Waals surface area contributed by atoms with Crippen LogP contribution in [0, 0.1) is 0 Å². The zero-order valence-electron chi connectivity index (χ0n) is 10.3. The molecule has 1 aromatic rings. The summed E-state index contributed by atoms with van der Waals surface area (Å²) < 4.78 is 6.03. The Morgan fingerprint density at radius 1 is 1.41 bits per heavy atom. The first-order valence-electron chi connectivity index (χ1n) is 6.04. The molecule has 4 heteroatoms. The van der Waals surface area contributed by atoms with E-state index < -0.39 is 0 Å². The average Bonchev–Trinajstić information content (AvgIpc) is 2.32. The van der Waals surface area contributed by atoms with Gasteiger partial charge in [-0.25, -0.2) is 5.90 Å². The van der Waals surface area contributed by atoms with Gasteiger partial charge in [-0.2, -0.15) is 0 Å². The Labute approximate surface area is 102 Å². The monoisotopic (exact) mass is 236 g/mol. The minimum Gasteiger partial charge on any atom is -0.489 e. The molecule has 0 spiro atoms. The normalized spacial score (nSPS) is 21.4. The van der Waals surface area contributed by atoms with Crippen LogP contribution in [0.15, 0.2) is 24.3 Å². The van der Waals surface area contributed by atoms with Crippen LogP contribution in [-0.4, -0.2) is 31.1 Å². The van der Waals surface area contributed by atoms with E-state index in [-0.39, 0.29) is 6.10 Å². The van der Waals surface area contributed by atoms with Crippen LogP contribution in [0.2, 0.25) is 0 Å². The van der Waals surface area contributed by atoms with Gasteiger partial charge in [0.15, 0.2) is 0 Å². The number of nitrogens with two attached hydrogens (primary N) is 1. The first kappa shape index (κ1) is 12.4. The Kier molecular flexibility index (Phi) is 4.36. The second-order valence-corrected chi connectivity index (χ2v) is 4.56. The van der Waals surface area contributed by atoms with Crippen molar-refractivity contribution in [2.75, 3.05) is 20.1 Å². The second kappa shape index (κ2) is 6.00. The van der Waals surface area contributed by atoms with Gasteiger partial charge in [-0.15, -0.1) is 0 Å². The molecule has 2 N–H and O–H groups in total. The number of likely N-dealkylation sites (tertiary alicyclic amines) is 1. The van der Waals surface area contributed by atoms with E-state index in [9.17, 15) is 0 Å². The summed E-state index contributed by atoms with van der Waals surface area (Å²) in [5, 5.41) is 0. The van der Waals surface area contributed by atoms with Crippen molar-refractivity contribution in [1.29, 1.82) is 0 Å². The fourth-order valence-corrected chi connectivity index (χ4v) is 2.22. The maximum Gasteiger partial charge on any atom is 0.125 e. The van der Waals surface area contributed by atoms with Crippen molar-refractivity contribution in [2.45, 2.75) is 25.6 Å².